The highest BCUT2D eigenvalue weighted by Crippen LogP contribution is 2.23. The van der Waals surface area contributed by atoms with E-state index in [1.54, 1.807) is 41.3 Å². The summed E-state index contributed by atoms with van der Waals surface area (Å²) in [6.45, 7) is 4.45. The van der Waals surface area contributed by atoms with E-state index in [2.05, 4.69) is 6.58 Å². The first kappa shape index (κ1) is 19.8. The van der Waals surface area contributed by atoms with Gasteiger partial charge >= 0.3 is 0 Å². The van der Waals surface area contributed by atoms with Gasteiger partial charge in [0.1, 0.15) is 5.75 Å². The van der Waals surface area contributed by atoms with E-state index in [9.17, 15) is 9.59 Å². The van der Waals surface area contributed by atoms with Gasteiger partial charge in [0.2, 0.25) is 5.91 Å². The number of halogens is 1. The number of hydrogen-bond acceptors (Lipinski definition) is 4. The molecule has 2 aromatic rings. The third-order valence-corrected chi connectivity index (χ3v) is 4.53. The van der Waals surface area contributed by atoms with Crippen LogP contribution in [0.15, 0.2) is 55.1 Å². The highest BCUT2D eigenvalue weighted by atomic mass is 35.5. The Bertz CT molecular complexity index is 799. The lowest BCUT2D eigenvalue weighted by Gasteiger charge is -2.18. The normalized spacial score (nSPS) is 10.7. The summed E-state index contributed by atoms with van der Waals surface area (Å²) in [5.41, 5.74) is 5.87. The van der Waals surface area contributed by atoms with Crippen molar-refractivity contribution in [3.05, 3.63) is 69.9 Å². The molecule has 0 aliphatic heterocycles. The fourth-order valence-electron chi connectivity index (χ4n) is 2.12. The summed E-state index contributed by atoms with van der Waals surface area (Å²) in [5.74, 6) is -0.118. The largest absolute Gasteiger partial charge is 0.484 e. The molecule has 7 heteroatoms. The van der Waals surface area contributed by atoms with Crippen molar-refractivity contribution in [2.75, 3.05) is 13.2 Å². The number of carbonyl (C=O) groups is 2. The van der Waals surface area contributed by atoms with Crippen LogP contribution in [0.1, 0.15) is 10.4 Å². The van der Waals surface area contributed by atoms with Gasteiger partial charge in [0, 0.05) is 17.5 Å². The summed E-state index contributed by atoms with van der Waals surface area (Å²) in [7, 11) is 0. The van der Waals surface area contributed by atoms with Crippen molar-refractivity contribution in [3.8, 4) is 5.75 Å². The average Bonchev–Trinajstić information content (AvgIpc) is 3.03. The molecule has 136 valence electrons. The number of hydrogen-bond donors (Lipinski definition) is 1. The molecule has 5 nitrogen and oxygen atoms in total. The topological polar surface area (TPSA) is 72.6 Å². The Morgan fingerprint density at radius 3 is 2.54 bits per heavy atom. The molecule has 2 amide bonds. The molecule has 0 saturated carbocycles. The van der Waals surface area contributed by atoms with E-state index in [4.69, 9.17) is 22.1 Å². The second-order valence-electron chi connectivity index (χ2n) is 5.37. The van der Waals surface area contributed by atoms with Crippen LogP contribution in [0.5, 0.6) is 5.75 Å². The van der Waals surface area contributed by atoms with E-state index in [1.165, 1.54) is 17.4 Å². The first-order valence-electron chi connectivity index (χ1n) is 7.81. The maximum Gasteiger partial charge on any atom is 0.255 e. The van der Waals surface area contributed by atoms with E-state index in [1.807, 2.05) is 12.1 Å². The minimum absolute atomic E-state index is 0.122. The van der Waals surface area contributed by atoms with Crippen molar-refractivity contribution in [3.63, 3.8) is 0 Å². The Morgan fingerprint density at radius 1 is 1.23 bits per heavy atom. The van der Waals surface area contributed by atoms with Crippen molar-refractivity contribution in [1.29, 1.82) is 0 Å². The smallest absolute Gasteiger partial charge is 0.255 e. The predicted octanol–water partition coefficient (Wildman–Crippen LogP) is 3.49. The first-order valence-corrected chi connectivity index (χ1v) is 9.00. The van der Waals surface area contributed by atoms with Gasteiger partial charge in [-0.2, -0.15) is 0 Å². The molecule has 0 bridgehead atoms. The second kappa shape index (κ2) is 9.79. The van der Waals surface area contributed by atoms with Gasteiger partial charge < -0.3 is 15.4 Å². The van der Waals surface area contributed by atoms with Crippen LogP contribution < -0.4 is 10.5 Å². The Labute approximate surface area is 161 Å². The molecule has 0 fully saturated rings. The predicted molar refractivity (Wildman–Crippen MR) is 105 cm³/mol. The van der Waals surface area contributed by atoms with Crippen LogP contribution in [0, 0.1) is 0 Å². The molecule has 0 aliphatic rings. The van der Waals surface area contributed by atoms with Crippen molar-refractivity contribution in [1.82, 2.24) is 4.90 Å². The van der Waals surface area contributed by atoms with Crippen LogP contribution in [-0.2, 0) is 16.1 Å². The van der Waals surface area contributed by atoms with E-state index in [0.717, 1.165) is 10.4 Å². The number of nitrogens with zero attached hydrogens (tertiary/aromatic N) is 1. The zero-order chi connectivity index (χ0) is 18.9. The SMILES string of the molecule is C=CCN(Cc1ccc(Cl)s1)C(=O)/C=C/c1ccc(OCC(N)=O)cc1. The maximum absolute atomic E-state index is 12.4. The molecule has 1 heterocycles. The summed E-state index contributed by atoms with van der Waals surface area (Å²) in [4.78, 5) is 25.8. The molecule has 0 saturated heterocycles. The molecular weight excluding hydrogens is 372 g/mol. The molecule has 0 unspecified atom stereocenters. The first-order chi connectivity index (χ1) is 12.5. The number of primary amides is 1. The Balaban J connectivity index is 1.98. The van der Waals surface area contributed by atoms with Gasteiger partial charge in [0.05, 0.1) is 10.9 Å². The number of benzene rings is 1. The molecule has 2 N–H and O–H groups in total. The summed E-state index contributed by atoms with van der Waals surface area (Å²) in [5, 5.41) is 0. The summed E-state index contributed by atoms with van der Waals surface area (Å²) in [6, 6.07) is 10.7. The van der Waals surface area contributed by atoms with Crippen molar-refractivity contribution >= 4 is 40.8 Å². The summed E-state index contributed by atoms with van der Waals surface area (Å²) in [6.07, 6.45) is 4.92. The molecule has 1 aromatic heterocycles. The van der Waals surface area contributed by atoms with Crippen LogP contribution >= 0.6 is 22.9 Å². The van der Waals surface area contributed by atoms with E-state index in [0.29, 0.717) is 23.2 Å². The second-order valence-corrected chi connectivity index (χ2v) is 7.17. The minimum Gasteiger partial charge on any atom is -0.484 e. The van der Waals surface area contributed by atoms with Gasteiger partial charge in [-0.1, -0.05) is 29.8 Å². The van der Waals surface area contributed by atoms with Gasteiger partial charge in [0.25, 0.3) is 5.91 Å². The van der Waals surface area contributed by atoms with E-state index >= 15 is 0 Å². The van der Waals surface area contributed by atoms with Crippen LogP contribution in [-0.4, -0.2) is 29.9 Å². The number of nitrogens with two attached hydrogens (primary N) is 1. The van der Waals surface area contributed by atoms with Crippen molar-refractivity contribution in [2.24, 2.45) is 5.73 Å². The van der Waals surface area contributed by atoms with Crippen molar-refractivity contribution < 1.29 is 14.3 Å². The molecule has 0 spiro atoms. The Hall–Kier alpha value is -2.57. The highest BCUT2D eigenvalue weighted by molar-refractivity contribution is 7.16. The van der Waals surface area contributed by atoms with Crippen LogP contribution in [0.25, 0.3) is 6.08 Å². The maximum atomic E-state index is 12.4. The van der Waals surface area contributed by atoms with Gasteiger partial charge in [-0.25, -0.2) is 0 Å². The van der Waals surface area contributed by atoms with Crippen molar-refractivity contribution in [2.45, 2.75) is 6.54 Å². The fourth-order valence-corrected chi connectivity index (χ4v) is 3.22. The zero-order valence-corrected chi connectivity index (χ0v) is 15.6. The minimum atomic E-state index is -0.533. The lowest BCUT2D eigenvalue weighted by atomic mass is 10.2. The van der Waals surface area contributed by atoms with Gasteiger partial charge in [-0.05, 0) is 35.9 Å². The number of carbonyl (C=O) groups excluding carboxylic acids is 2. The lowest BCUT2D eigenvalue weighted by molar-refractivity contribution is -0.126. The van der Waals surface area contributed by atoms with Gasteiger partial charge in [0.15, 0.2) is 6.61 Å². The third kappa shape index (κ3) is 6.38. The summed E-state index contributed by atoms with van der Waals surface area (Å²) >= 11 is 7.39. The van der Waals surface area contributed by atoms with E-state index in [-0.39, 0.29) is 12.5 Å². The van der Waals surface area contributed by atoms with Gasteiger partial charge in [-0.3, -0.25) is 9.59 Å². The molecule has 1 aromatic carbocycles. The molecular formula is C19H19ClN2O3S. The Morgan fingerprint density at radius 2 is 1.96 bits per heavy atom. The third-order valence-electron chi connectivity index (χ3n) is 3.32. The summed E-state index contributed by atoms with van der Waals surface area (Å²) < 4.78 is 5.89. The zero-order valence-electron chi connectivity index (χ0n) is 14.1. The monoisotopic (exact) mass is 390 g/mol. The highest BCUT2D eigenvalue weighted by Gasteiger charge is 2.11. The standard InChI is InChI=1S/C19H19ClN2O3S/c1-2-11-22(12-16-8-9-17(20)26-16)19(24)10-5-14-3-6-15(7-4-14)25-13-18(21)23/h2-10H,1,11-13H2,(H2,21,23)/b10-5+. The molecule has 0 aliphatic carbocycles. The number of amides is 2. The lowest BCUT2D eigenvalue weighted by Crippen LogP contribution is -2.28. The number of ether oxygens (including phenoxy) is 1. The number of thiophene rings is 1. The quantitative estimate of drug-likeness (QED) is 0.526. The van der Waals surface area contributed by atoms with Crippen LogP contribution in [0.4, 0.5) is 0 Å². The molecule has 2 rings (SSSR count). The number of rotatable bonds is 9. The molecule has 26 heavy (non-hydrogen) atoms. The van der Waals surface area contributed by atoms with Crippen LogP contribution in [0.3, 0.4) is 0 Å². The average molecular weight is 391 g/mol. The van der Waals surface area contributed by atoms with Crippen LogP contribution in [0.2, 0.25) is 4.34 Å². The van der Waals surface area contributed by atoms with Gasteiger partial charge in [-0.15, -0.1) is 17.9 Å². The fraction of sp³-hybridized carbons (Fsp3) is 0.158. The van der Waals surface area contributed by atoms with E-state index < -0.39 is 5.91 Å². The molecule has 0 atom stereocenters. The molecule has 0 radical (unpaired) electrons. The Kier molecular flexibility index (Phi) is 7.44.